The Bertz CT molecular complexity index is 713. The lowest BCUT2D eigenvalue weighted by molar-refractivity contribution is 0.0662. The third-order valence-corrected chi connectivity index (χ3v) is 5.65. The van der Waals surface area contributed by atoms with Crippen molar-refractivity contribution in [3.63, 3.8) is 0 Å². The fraction of sp³-hybridized carbons (Fsp3) is 0.381. The molecule has 2 aromatic rings. The van der Waals surface area contributed by atoms with Crippen molar-refractivity contribution < 1.29 is 9.90 Å². The zero-order chi connectivity index (χ0) is 18.5. The molecular weight excluding hydrogens is 392 g/mol. The van der Waals surface area contributed by atoms with Crippen LogP contribution in [0, 0.1) is 5.92 Å². The number of urea groups is 1. The first-order chi connectivity index (χ1) is 12.5. The van der Waals surface area contributed by atoms with E-state index in [0.29, 0.717) is 13.1 Å². The number of carbonyl (C=O) groups excluding carboxylic acids is 1. The summed E-state index contributed by atoms with van der Waals surface area (Å²) in [6.45, 7) is 3.34. The van der Waals surface area contributed by atoms with Gasteiger partial charge < -0.3 is 15.3 Å². The maximum atomic E-state index is 12.5. The van der Waals surface area contributed by atoms with Crippen molar-refractivity contribution in [2.24, 2.45) is 5.92 Å². The normalized spacial score (nSPS) is 17.6. The summed E-state index contributed by atoms with van der Waals surface area (Å²) >= 11 is 3.43. The number of piperidine rings is 1. The van der Waals surface area contributed by atoms with Crippen molar-refractivity contribution in [1.82, 2.24) is 10.2 Å². The molecule has 0 aromatic heterocycles. The van der Waals surface area contributed by atoms with Crippen LogP contribution in [0.3, 0.4) is 0 Å². The number of aliphatic hydroxyl groups excluding tert-OH is 1. The maximum absolute atomic E-state index is 12.5. The molecule has 2 unspecified atom stereocenters. The van der Waals surface area contributed by atoms with Crippen LogP contribution < -0.4 is 5.32 Å². The number of halogens is 1. The van der Waals surface area contributed by atoms with Crippen LogP contribution in [0.25, 0.3) is 0 Å². The molecule has 2 amide bonds. The van der Waals surface area contributed by atoms with E-state index in [4.69, 9.17) is 0 Å². The summed E-state index contributed by atoms with van der Waals surface area (Å²) in [7, 11) is 0. The van der Waals surface area contributed by atoms with Gasteiger partial charge in [-0.05, 0) is 48.9 Å². The first-order valence-corrected chi connectivity index (χ1v) is 9.88. The molecule has 3 rings (SSSR count). The minimum Gasteiger partial charge on any atom is -0.388 e. The van der Waals surface area contributed by atoms with Crippen molar-refractivity contribution in [3.8, 4) is 0 Å². The Hall–Kier alpha value is -1.85. The fourth-order valence-corrected chi connectivity index (χ4v) is 3.72. The van der Waals surface area contributed by atoms with Crippen molar-refractivity contribution in [2.75, 3.05) is 13.1 Å². The molecule has 1 saturated heterocycles. The average molecular weight is 417 g/mol. The summed E-state index contributed by atoms with van der Waals surface area (Å²) in [4.78, 5) is 14.4. The van der Waals surface area contributed by atoms with Gasteiger partial charge in [-0.15, -0.1) is 0 Å². The minimum atomic E-state index is -0.455. The van der Waals surface area contributed by atoms with E-state index in [1.54, 1.807) is 0 Å². The SMILES string of the molecule is CC(NC(=O)N1CCC(C(O)c2ccccc2)CC1)c1ccc(Br)cc1. The summed E-state index contributed by atoms with van der Waals surface area (Å²) < 4.78 is 1.03. The predicted molar refractivity (Wildman–Crippen MR) is 107 cm³/mol. The van der Waals surface area contributed by atoms with Crippen LogP contribution in [-0.2, 0) is 0 Å². The smallest absolute Gasteiger partial charge is 0.317 e. The second-order valence-electron chi connectivity index (χ2n) is 6.90. The topological polar surface area (TPSA) is 52.6 Å². The number of benzene rings is 2. The number of carbonyl (C=O) groups is 1. The van der Waals surface area contributed by atoms with Crippen LogP contribution in [0.2, 0.25) is 0 Å². The number of aliphatic hydroxyl groups is 1. The van der Waals surface area contributed by atoms with Gasteiger partial charge in [0.1, 0.15) is 0 Å². The first kappa shape index (κ1) is 18.9. The highest BCUT2D eigenvalue weighted by molar-refractivity contribution is 9.10. The molecule has 2 N–H and O–H groups in total. The number of rotatable bonds is 4. The van der Waals surface area contributed by atoms with Gasteiger partial charge in [0.25, 0.3) is 0 Å². The largest absolute Gasteiger partial charge is 0.388 e. The molecule has 26 heavy (non-hydrogen) atoms. The van der Waals surface area contributed by atoms with E-state index >= 15 is 0 Å². The number of nitrogens with one attached hydrogen (secondary N) is 1. The lowest BCUT2D eigenvalue weighted by Gasteiger charge is -2.35. The quantitative estimate of drug-likeness (QED) is 0.760. The van der Waals surface area contributed by atoms with Crippen LogP contribution in [0.4, 0.5) is 4.79 Å². The number of hydrogen-bond donors (Lipinski definition) is 2. The van der Waals surface area contributed by atoms with Crippen LogP contribution in [0.1, 0.15) is 43.0 Å². The molecule has 0 bridgehead atoms. The number of amides is 2. The van der Waals surface area contributed by atoms with Gasteiger partial charge in [-0.3, -0.25) is 0 Å². The zero-order valence-corrected chi connectivity index (χ0v) is 16.5. The standard InChI is InChI=1S/C21H25BrN2O2/c1-15(16-7-9-19(22)10-8-16)23-21(26)24-13-11-18(12-14-24)20(25)17-5-3-2-4-6-17/h2-10,15,18,20,25H,11-14H2,1H3,(H,23,26). The van der Waals surface area contributed by atoms with E-state index in [0.717, 1.165) is 28.4 Å². The number of likely N-dealkylation sites (tertiary alicyclic amines) is 1. The van der Waals surface area contributed by atoms with E-state index in [1.807, 2.05) is 66.4 Å². The second kappa shape index (κ2) is 8.69. The molecule has 138 valence electrons. The molecule has 0 radical (unpaired) electrons. The van der Waals surface area contributed by atoms with Gasteiger partial charge in [0.05, 0.1) is 12.1 Å². The summed E-state index contributed by atoms with van der Waals surface area (Å²) in [5.41, 5.74) is 2.04. The highest BCUT2D eigenvalue weighted by atomic mass is 79.9. The van der Waals surface area contributed by atoms with Gasteiger partial charge in [-0.2, -0.15) is 0 Å². The van der Waals surface area contributed by atoms with Crippen LogP contribution in [0.15, 0.2) is 59.1 Å². The monoisotopic (exact) mass is 416 g/mol. The van der Waals surface area contributed by atoms with E-state index < -0.39 is 6.10 Å². The predicted octanol–water partition coefficient (Wildman–Crippen LogP) is 4.67. The Morgan fingerprint density at radius 1 is 1.08 bits per heavy atom. The average Bonchev–Trinajstić information content (AvgIpc) is 2.68. The molecule has 0 aliphatic carbocycles. The van der Waals surface area contributed by atoms with Gasteiger partial charge in [-0.25, -0.2) is 4.79 Å². The van der Waals surface area contributed by atoms with Crippen molar-refractivity contribution in [3.05, 3.63) is 70.2 Å². The van der Waals surface area contributed by atoms with Crippen LogP contribution >= 0.6 is 15.9 Å². The van der Waals surface area contributed by atoms with Gasteiger partial charge in [0, 0.05) is 17.6 Å². The molecule has 1 aliphatic rings. The molecule has 5 heteroatoms. The lowest BCUT2D eigenvalue weighted by atomic mass is 9.87. The third-order valence-electron chi connectivity index (χ3n) is 5.12. The van der Waals surface area contributed by atoms with Crippen molar-refractivity contribution in [2.45, 2.75) is 31.9 Å². The van der Waals surface area contributed by atoms with Gasteiger partial charge in [0.2, 0.25) is 0 Å². The van der Waals surface area contributed by atoms with E-state index in [1.165, 1.54) is 0 Å². The Labute approximate surface area is 163 Å². The molecule has 2 aromatic carbocycles. The van der Waals surface area contributed by atoms with Crippen molar-refractivity contribution in [1.29, 1.82) is 0 Å². The fourth-order valence-electron chi connectivity index (χ4n) is 3.45. The molecular formula is C21H25BrN2O2. The third kappa shape index (κ3) is 4.65. The molecule has 0 spiro atoms. The van der Waals surface area contributed by atoms with Gasteiger partial charge in [0.15, 0.2) is 0 Å². The Morgan fingerprint density at radius 2 is 1.69 bits per heavy atom. The van der Waals surface area contributed by atoms with Gasteiger partial charge in [-0.1, -0.05) is 58.4 Å². The lowest BCUT2D eigenvalue weighted by Crippen LogP contribution is -2.45. The molecule has 1 aliphatic heterocycles. The van der Waals surface area contributed by atoms with E-state index in [2.05, 4.69) is 21.2 Å². The molecule has 4 nitrogen and oxygen atoms in total. The van der Waals surface area contributed by atoms with E-state index in [-0.39, 0.29) is 18.0 Å². The Balaban J connectivity index is 1.51. The second-order valence-corrected chi connectivity index (χ2v) is 7.82. The molecule has 2 atom stereocenters. The first-order valence-electron chi connectivity index (χ1n) is 9.08. The zero-order valence-electron chi connectivity index (χ0n) is 14.9. The van der Waals surface area contributed by atoms with Gasteiger partial charge >= 0.3 is 6.03 Å². The summed E-state index contributed by atoms with van der Waals surface area (Å²) in [6, 6.07) is 17.7. The molecule has 0 saturated carbocycles. The summed E-state index contributed by atoms with van der Waals surface area (Å²) in [5, 5.41) is 13.6. The summed E-state index contributed by atoms with van der Waals surface area (Å²) in [6.07, 6.45) is 1.18. The van der Waals surface area contributed by atoms with E-state index in [9.17, 15) is 9.90 Å². The van der Waals surface area contributed by atoms with Crippen LogP contribution in [-0.4, -0.2) is 29.1 Å². The highest BCUT2D eigenvalue weighted by Crippen LogP contribution is 2.30. The van der Waals surface area contributed by atoms with Crippen LogP contribution in [0.5, 0.6) is 0 Å². The highest BCUT2D eigenvalue weighted by Gasteiger charge is 2.28. The maximum Gasteiger partial charge on any atom is 0.317 e. The minimum absolute atomic E-state index is 0.0342. The molecule has 1 fully saturated rings. The number of nitrogens with zero attached hydrogens (tertiary/aromatic N) is 1. The van der Waals surface area contributed by atoms with Crippen molar-refractivity contribution >= 4 is 22.0 Å². The molecule has 1 heterocycles. The number of hydrogen-bond acceptors (Lipinski definition) is 2. The summed E-state index contributed by atoms with van der Waals surface area (Å²) in [5.74, 6) is 0.199. The Morgan fingerprint density at radius 3 is 2.31 bits per heavy atom. The Kier molecular flexibility index (Phi) is 6.33.